The maximum atomic E-state index is 9.78. The Balaban J connectivity index is 2.33. The molecule has 7 heavy (non-hydrogen) atoms. The van der Waals surface area contributed by atoms with Crippen molar-refractivity contribution >= 4 is 0 Å². The maximum absolute atomic E-state index is 9.78. The van der Waals surface area contributed by atoms with E-state index in [1.54, 1.807) is 0 Å². The molecule has 0 heterocycles. The van der Waals surface area contributed by atoms with E-state index in [2.05, 4.69) is 0 Å². The quantitative estimate of drug-likeness (QED) is 0.360. The summed E-state index contributed by atoms with van der Waals surface area (Å²) in [5.41, 5.74) is 0. The van der Waals surface area contributed by atoms with Crippen molar-refractivity contribution in [2.24, 2.45) is 5.92 Å². The lowest BCUT2D eigenvalue weighted by molar-refractivity contribution is -0.498. The highest BCUT2D eigenvalue weighted by atomic mass is 16.6. The van der Waals surface area contributed by atoms with Crippen molar-refractivity contribution in [3.05, 3.63) is 10.1 Å². The Morgan fingerprint density at radius 3 is 2.29 bits per heavy atom. The summed E-state index contributed by atoms with van der Waals surface area (Å²) >= 11 is 0. The average Bonchev–Trinajstić information content (AvgIpc) is 2.17. The first kappa shape index (κ1) is 4.56. The fourth-order valence-corrected chi connectivity index (χ4v) is 0.596. The molecule has 1 fully saturated rings. The van der Waals surface area contributed by atoms with Gasteiger partial charge in [-0.1, -0.05) is 6.92 Å². The summed E-state index contributed by atoms with van der Waals surface area (Å²) in [6.07, 6.45) is 0.785. The van der Waals surface area contributed by atoms with Gasteiger partial charge in [0.2, 0.25) is 6.04 Å². The Morgan fingerprint density at radius 1 is 1.86 bits per heavy atom. The lowest BCUT2D eigenvalue weighted by atomic mass is 10.5. The van der Waals surface area contributed by atoms with Gasteiger partial charge in [-0.3, -0.25) is 10.1 Å². The Labute approximate surface area is 41.5 Å². The number of nitrogens with zero attached hydrogens (tertiary/aromatic N) is 1. The van der Waals surface area contributed by atoms with Gasteiger partial charge in [-0.25, -0.2) is 0 Å². The third-order valence-electron chi connectivity index (χ3n) is 1.34. The Hall–Kier alpha value is -0.600. The van der Waals surface area contributed by atoms with Crippen LogP contribution in [0.3, 0.4) is 0 Å². The summed E-state index contributed by atoms with van der Waals surface area (Å²) in [4.78, 5) is 9.57. The van der Waals surface area contributed by atoms with Gasteiger partial charge in [-0.2, -0.15) is 0 Å². The number of hydrogen-bond donors (Lipinski definition) is 0. The van der Waals surface area contributed by atoms with Gasteiger partial charge in [0, 0.05) is 17.3 Å². The van der Waals surface area contributed by atoms with Crippen molar-refractivity contribution in [2.45, 2.75) is 19.4 Å². The summed E-state index contributed by atoms with van der Waals surface area (Å²) in [6, 6.07) is -0.208. The zero-order valence-electron chi connectivity index (χ0n) is 4.13. The van der Waals surface area contributed by atoms with Crippen molar-refractivity contribution in [3.8, 4) is 0 Å². The molecule has 1 aliphatic carbocycles. The van der Waals surface area contributed by atoms with Gasteiger partial charge in [0.15, 0.2) is 0 Å². The largest absolute Gasteiger partial charge is 0.264 e. The molecular formula is C4H7NO2. The molecule has 0 aromatic heterocycles. The minimum Gasteiger partial charge on any atom is -0.264 e. The van der Waals surface area contributed by atoms with Crippen LogP contribution in [0.25, 0.3) is 0 Å². The average molecular weight is 101 g/mol. The van der Waals surface area contributed by atoms with Crippen LogP contribution in [0.15, 0.2) is 0 Å². The van der Waals surface area contributed by atoms with Gasteiger partial charge in [0.1, 0.15) is 0 Å². The number of hydrogen-bond acceptors (Lipinski definition) is 2. The van der Waals surface area contributed by atoms with E-state index in [0.29, 0.717) is 5.92 Å². The fourth-order valence-electron chi connectivity index (χ4n) is 0.596. The molecule has 1 aliphatic rings. The minimum absolute atomic E-state index is 0.204. The van der Waals surface area contributed by atoms with Crippen molar-refractivity contribution in [2.75, 3.05) is 0 Å². The highest BCUT2D eigenvalue weighted by Gasteiger charge is 2.44. The molecule has 40 valence electrons. The van der Waals surface area contributed by atoms with Crippen molar-refractivity contribution in [3.63, 3.8) is 0 Å². The third-order valence-corrected chi connectivity index (χ3v) is 1.34. The van der Waals surface area contributed by atoms with Crippen molar-refractivity contribution < 1.29 is 4.92 Å². The van der Waals surface area contributed by atoms with E-state index in [4.69, 9.17) is 0 Å². The zero-order valence-corrected chi connectivity index (χ0v) is 4.13. The van der Waals surface area contributed by atoms with Crippen LogP contribution < -0.4 is 0 Å². The summed E-state index contributed by atoms with van der Waals surface area (Å²) in [5, 5.41) is 9.78. The first-order valence-corrected chi connectivity index (χ1v) is 2.35. The summed E-state index contributed by atoms with van der Waals surface area (Å²) < 4.78 is 0. The molecule has 3 heteroatoms. The van der Waals surface area contributed by atoms with E-state index < -0.39 is 0 Å². The molecular weight excluding hydrogens is 94.0 g/mol. The van der Waals surface area contributed by atoms with E-state index in [0.717, 1.165) is 6.42 Å². The molecule has 0 aromatic rings. The van der Waals surface area contributed by atoms with E-state index in [1.165, 1.54) is 0 Å². The standard InChI is InChI=1S/C4H7NO2/c1-3-2-4(3)5(6)7/h3-4H,2H2,1H3. The second kappa shape index (κ2) is 1.18. The van der Waals surface area contributed by atoms with E-state index >= 15 is 0 Å². The molecule has 0 aromatic carbocycles. The van der Waals surface area contributed by atoms with Crippen LogP contribution in [-0.4, -0.2) is 11.0 Å². The van der Waals surface area contributed by atoms with E-state index in [-0.39, 0.29) is 11.0 Å². The molecule has 0 saturated heterocycles. The first-order valence-electron chi connectivity index (χ1n) is 2.35. The van der Waals surface area contributed by atoms with Gasteiger partial charge < -0.3 is 0 Å². The molecule has 2 unspecified atom stereocenters. The lowest BCUT2D eigenvalue weighted by Gasteiger charge is -1.80. The maximum Gasteiger partial charge on any atom is 0.216 e. The number of rotatable bonds is 1. The molecule has 0 radical (unpaired) electrons. The highest BCUT2D eigenvalue weighted by molar-refractivity contribution is 4.81. The van der Waals surface area contributed by atoms with Crippen molar-refractivity contribution in [1.29, 1.82) is 0 Å². The van der Waals surface area contributed by atoms with Crippen LogP contribution >= 0.6 is 0 Å². The Morgan fingerprint density at radius 2 is 2.29 bits per heavy atom. The van der Waals surface area contributed by atoms with Crippen LogP contribution in [-0.2, 0) is 0 Å². The molecule has 1 saturated carbocycles. The summed E-state index contributed by atoms with van der Waals surface area (Å²) in [6.45, 7) is 1.90. The normalized spacial score (nSPS) is 37.9. The van der Waals surface area contributed by atoms with Gasteiger partial charge in [0.25, 0.3) is 0 Å². The van der Waals surface area contributed by atoms with Gasteiger partial charge >= 0.3 is 0 Å². The van der Waals surface area contributed by atoms with Gasteiger partial charge in [-0.05, 0) is 0 Å². The summed E-state index contributed by atoms with van der Waals surface area (Å²) in [7, 11) is 0. The lowest BCUT2D eigenvalue weighted by Crippen LogP contribution is -2.01. The second-order valence-corrected chi connectivity index (χ2v) is 2.07. The predicted molar refractivity (Wildman–Crippen MR) is 24.6 cm³/mol. The fraction of sp³-hybridized carbons (Fsp3) is 1.00. The molecule has 0 bridgehead atoms. The molecule has 0 aliphatic heterocycles. The first-order chi connectivity index (χ1) is 3.22. The molecule has 0 N–H and O–H groups in total. The van der Waals surface area contributed by atoms with Gasteiger partial charge in [0.05, 0.1) is 0 Å². The molecule has 0 amide bonds. The Bertz CT molecular complexity index is 102. The topological polar surface area (TPSA) is 43.1 Å². The van der Waals surface area contributed by atoms with E-state index in [1.807, 2.05) is 6.92 Å². The molecule has 2 atom stereocenters. The van der Waals surface area contributed by atoms with Crippen LogP contribution in [0.2, 0.25) is 0 Å². The molecule has 1 rings (SSSR count). The van der Waals surface area contributed by atoms with Gasteiger partial charge in [-0.15, -0.1) is 0 Å². The van der Waals surface area contributed by atoms with Crippen LogP contribution in [0.1, 0.15) is 13.3 Å². The van der Waals surface area contributed by atoms with Crippen LogP contribution in [0.4, 0.5) is 0 Å². The number of nitro groups is 1. The van der Waals surface area contributed by atoms with Crippen LogP contribution in [0, 0.1) is 16.0 Å². The molecule has 3 nitrogen and oxygen atoms in total. The van der Waals surface area contributed by atoms with Crippen molar-refractivity contribution in [1.82, 2.24) is 0 Å². The highest BCUT2D eigenvalue weighted by Crippen LogP contribution is 2.31. The Kier molecular flexibility index (Phi) is 0.770. The van der Waals surface area contributed by atoms with E-state index in [9.17, 15) is 10.1 Å². The summed E-state index contributed by atoms with van der Waals surface area (Å²) in [5.74, 6) is 0.343. The zero-order chi connectivity index (χ0) is 5.44. The monoisotopic (exact) mass is 101 g/mol. The van der Waals surface area contributed by atoms with Crippen LogP contribution in [0.5, 0.6) is 0 Å². The molecule has 0 spiro atoms. The second-order valence-electron chi connectivity index (χ2n) is 2.07. The smallest absolute Gasteiger partial charge is 0.216 e. The third kappa shape index (κ3) is 0.706. The predicted octanol–water partition coefficient (Wildman–Crippen LogP) is 0.671. The minimum atomic E-state index is -0.208. The SMILES string of the molecule is CC1CC1[N+](=O)[O-].